The van der Waals surface area contributed by atoms with Gasteiger partial charge in [-0.05, 0) is 59.9 Å². The fraction of sp³-hybridized carbons (Fsp3) is 0.276. The van der Waals surface area contributed by atoms with Crippen LogP contribution in [0, 0.1) is 5.92 Å². The van der Waals surface area contributed by atoms with Gasteiger partial charge in [0, 0.05) is 17.5 Å². The minimum Gasteiger partial charge on any atom is -0.480 e. The van der Waals surface area contributed by atoms with Crippen LogP contribution in [0.2, 0.25) is 5.02 Å². The van der Waals surface area contributed by atoms with E-state index in [9.17, 15) is 31.5 Å². The molecule has 1 heterocycles. The minimum atomic E-state index is -4.65. The molecular weight excluding hydrogens is 593 g/mol. The Hall–Kier alpha value is -3.90. The van der Waals surface area contributed by atoms with E-state index >= 15 is 0 Å². The molecule has 0 fully saturated rings. The fourth-order valence-electron chi connectivity index (χ4n) is 4.45. The summed E-state index contributed by atoms with van der Waals surface area (Å²) in [6.45, 7) is 3.40. The number of nitrogens with zero attached hydrogens (tertiary/aromatic N) is 3. The summed E-state index contributed by atoms with van der Waals surface area (Å²) in [6, 6.07) is 18.1. The Morgan fingerprint density at radius 2 is 1.67 bits per heavy atom. The summed E-state index contributed by atoms with van der Waals surface area (Å²) in [5.74, 6) is -2.35. The van der Waals surface area contributed by atoms with Crippen molar-refractivity contribution in [2.75, 3.05) is 6.54 Å². The summed E-state index contributed by atoms with van der Waals surface area (Å²) >= 11 is 6.10. The minimum absolute atomic E-state index is 0.162. The van der Waals surface area contributed by atoms with Gasteiger partial charge in [-0.25, -0.2) is 27.9 Å². The molecule has 0 spiro atoms. The lowest BCUT2D eigenvalue weighted by atomic mass is 9.86. The van der Waals surface area contributed by atoms with Crippen LogP contribution in [0.4, 0.5) is 13.2 Å². The molecule has 0 bridgehead atoms. The number of carboxylic acid groups (broad SMARTS) is 1. The molecule has 2 N–H and O–H groups in total. The number of sulfonamides is 1. The van der Waals surface area contributed by atoms with Gasteiger partial charge in [0.15, 0.2) is 6.04 Å². The first-order valence-corrected chi connectivity index (χ1v) is 14.8. The van der Waals surface area contributed by atoms with Gasteiger partial charge in [0.1, 0.15) is 0 Å². The number of aliphatic imine (C=N–C) groups is 1. The van der Waals surface area contributed by atoms with Gasteiger partial charge < -0.3 is 5.11 Å². The maximum absolute atomic E-state index is 13.3. The molecule has 222 valence electrons. The van der Waals surface area contributed by atoms with E-state index in [1.165, 1.54) is 5.01 Å². The average molecular weight is 621 g/mol. The van der Waals surface area contributed by atoms with Crippen molar-refractivity contribution in [2.45, 2.75) is 43.3 Å². The van der Waals surface area contributed by atoms with E-state index in [0.717, 1.165) is 17.7 Å². The Balaban J connectivity index is 1.80. The number of carbonyl (C=O) groups is 1. The number of alkyl halides is 3. The third-order valence-electron chi connectivity index (χ3n) is 6.64. The number of hydrazone groups is 1. The molecule has 0 aromatic heterocycles. The first-order chi connectivity index (χ1) is 19.8. The highest BCUT2D eigenvalue weighted by molar-refractivity contribution is 7.90. The van der Waals surface area contributed by atoms with Crippen LogP contribution in [-0.2, 0) is 21.0 Å². The third kappa shape index (κ3) is 7.29. The molecule has 13 heteroatoms. The van der Waals surface area contributed by atoms with Crippen LogP contribution in [0.3, 0.4) is 0 Å². The Labute approximate surface area is 246 Å². The molecule has 0 aliphatic carbocycles. The number of guanidine groups is 1. The number of halogens is 4. The second-order valence-electron chi connectivity index (χ2n) is 9.97. The van der Waals surface area contributed by atoms with Crippen LogP contribution < -0.4 is 4.72 Å². The van der Waals surface area contributed by atoms with E-state index in [0.29, 0.717) is 34.9 Å². The van der Waals surface area contributed by atoms with Crippen molar-refractivity contribution < 1.29 is 31.5 Å². The standard InChI is InChI=1S/C29H28ClF3N4O4S/c1-18(2)25(27(38)39)34-28(36-42(40,41)23-14-10-21(11-15-23)29(31,32)33)37-17-16-24(19-6-4-3-5-7-19)26(35-37)20-8-12-22(30)13-9-20/h3-15,18,24-25H,16-17H2,1-2H3,(H,34,36)(H,38,39)/t24?,25-/m0/s1. The van der Waals surface area contributed by atoms with Crippen molar-refractivity contribution in [1.82, 2.24) is 9.73 Å². The third-order valence-corrected chi connectivity index (χ3v) is 8.23. The van der Waals surface area contributed by atoms with Gasteiger partial charge in [-0.3, -0.25) is 0 Å². The number of hydrogen-bond acceptors (Lipinski definition) is 5. The van der Waals surface area contributed by atoms with Crippen LogP contribution in [-0.4, -0.2) is 48.8 Å². The van der Waals surface area contributed by atoms with Gasteiger partial charge in [0.2, 0.25) is 5.96 Å². The van der Waals surface area contributed by atoms with Gasteiger partial charge in [-0.1, -0.05) is 67.9 Å². The van der Waals surface area contributed by atoms with E-state index in [1.54, 1.807) is 38.1 Å². The fourth-order valence-corrected chi connectivity index (χ4v) is 5.59. The predicted molar refractivity (Wildman–Crippen MR) is 154 cm³/mol. The average Bonchev–Trinajstić information content (AvgIpc) is 2.95. The van der Waals surface area contributed by atoms with E-state index in [1.807, 2.05) is 30.3 Å². The first kappa shape index (κ1) is 31.0. The van der Waals surface area contributed by atoms with Gasteiger partial charge in [0.05, 0.1) is 16.2 Å². The van der Waals surface area contributed by atoms with E-state index in [4.69, 9.17) is 16.7 Å². The van der Waals surface area contributed by atoms with Crippen LogP contribution in [0.25, 0.3) is 0 Å². The summed E-state index contributed by atoms with van der Waals surface area (Å²) < 4.78 is 68.1. The number of nitrogens with one attached hydrogen (secondary N) is 1. The normalized spacial score (nSPS) is 17.1. The summed E-state index contributed by atoms with van der Waals surface area (Å²) in [5, 5.41) is 16.3. The van der Waals surface area contributed by atoms with Crippen molar-refractivity contribution in [3.63, 3.8) is 0 Å². The lowest BCUT2D eigenvalue weighted by molar-refractivity contribution is -0.139. The molecule has 3 aromatic rings. The lowest BCUT2D eigenvalue weighted by Gasteiger charge is -2.32. The number of aliphatic carboxylic acids is 1. The monoisotopic (exact) mass is 620 g/mol. The van der Waals surface area contributed by atoms with E-state index in [2.05, 4.69) is 9.71 Å². The maximum atomic E-state index is 13.3. The number of hydrogen-bond donors (Lipinski definition) is 2. The van der Waals surface area contributed by atoms with Gasteiger partial charge >= 0.3 is 12.1 Å². The SMILES string of the molecule is CC(C)[C@H](N=C(NS(=O)(=O)c1ccc(C(F)(F)F)cc1)N1CCC(c2ccccc2)C(c2ccc(Cl)cc2)=N1)C(=O)O. The number of benzene rings is 3. The summed E-state index contributed by atoms with van der Waals surface area (Å²) in [5.41, 5.74) is 1.24. The molecule has 1 unspecified atom stereocenters. The molecule has 1 aliphatic rings. The quantitative estimate of drug-likeness (QED) is 0.249. The highest BCUT2D eigenvalue weighted by Gasteiger charge is 2.33. The highest BCUT2D eigenvalue weighted by Crippen LogP contribution is 2.31. The van der Waals surface area contributed by atoms with E-state index in [-0.39, 0.29) is 18.4 Å². The smallest absolute Gasteiger partial charge is 0.416 e. The Bertz CT molecular complexity index is 1580. The highest BCUT2D eigenvalue weighted by atomic mass is 35.5. The summed E-state index contributed by atoms with van der Waals surface area (Å²) in [7, 11) is -4.49. The summed E-state index contributed by atoms with van der Waals surface area (Å²) in [4.78, 5) is 15.8. The molecule has 2 atom stereocenters. The zero-order valence-electron chi connectivity index (χ0n) is 22.6. The molecule has 0 amide bonds. The van der Waals surface area contributed by atoms with Crippen molar-refractivity contribution >= 4 is 39.3 Å². The number of rotatable bonds is 7. The van der Waals surface area contributed by atoms with E-state index < -0.39 is 44.6 Å². The largest absolute Gasteiger partial charge is 0.480 e. The molecule has 42 heavy (non-hydrogen) atoms. The Morgan fingerprint density at radius 3 is 2.21 bits per heavy atom. The van der Waals surface area contributed by atoms with Crippen molar-refractivity contribution in [2.24, 2.45) is 16.0 Å². The Morgan fingerprint density at radius 1 is 1.05 bits per heavy atom. The Kier molecular flexibility index (Phi) is 9.27. The molecule has 3 aromatic carbocycles. The van der Waals surface area contributed by atoms with Crippen molar-refractivity contribution in [3.05, 3.63) is 101 Å². The van der Waals surface area contributed by atoms with Crippen molar-refractivity contribution in [3.8, 4) is 0 Å². The maximum Gasteiger partial charge on any atom is 0.416 e. The second kappa shape index (κ2) is 12.5. The first-order valence-electron chi connectivity index (χ1n) is 12.9. The molecule has 0 saturated carbocycles. The zero-order chi connectivity index (χ0) is 30.7. The second-order valence-corrected chi connectivity index (χ2v) is 12.1. The van der Waals surface area contributed by atoms with Gasteiger partial charge in [-0.2, -0.15) is 18.3 Å². The van der Waals surface area contributed by atoms with Crippen LogP contribution >= 0.6 is 11.6 Å². The lowest BCUT2D eigenvalue weighted by Crippen LogP contribution is -2.46. The molecule has 8 nitrogen and oxygen atoms in total. The molecule has 0 radical (unpaired) electrons. The van der Waals surface area contributed by atoms with Crippen molar-refractivity contribution in [1.29, 1.82) is 0 Å². The topological polar surface area (TPSA) is 111 Å². The van der Waals surface area contributed by atoms with Crippen LogP contribution in [0.1, 0.15) is 42.9 Å². The molecular formula is C29H28ClF3N4O4S. The zero-order valence-corrected chi connectivity index (χ0v) is 24.2. The summed E-state index contributed by atoms with van der Waals surface area (Å²) in [6.07, 6.45) is -4.18. The van der Waals surface area contributed by atoms with Gasteiger partial charge in [0.25, 0.3) is 10.0 Å². The molecule has 4 rings (SSSR count). The molecule has 0 saturated heterocycles. The van der Waals surface area contributed by atoms with Crippen LogP contribution in [0.5, 0.6) is 0 Å². The predicted octanol–water partition coefficient (Wildman–Crippen LogP) is 6.00. The van der Waals surface area contributed by atoms with Crippen LogP contribution in [0.15, 0.2) is 93.9 Å². The van der Waals surface area contributed by atoms with Gasteiger partial charge in [-0.15, -0.1) is 0 Å². The number of carboxylic acids is 1. The molecule has 1 aliphatic heterocycles.